The van der Waals surface area contributed by atoms with Crippen molar-refractivity contribution in [3.05, 3.63) is 40.2 Å². The van der Waals surface area contributed by atoms with Gasteiger partial charge in [-0.05, 0) is 94.1 Å². The van der Waals surface area contributed by atoms with Gasteiger partial charge < -0.3 is 10.2 Å². The summed E-state index contributed by atoms with van der Waals surface area (Å²) >= 11 is 0. The molecule has 1 aliphatic heterocycles. The zero-order valence-corrected chi connectivity index (χ0v) is 24.0. The van der Waals surface area contributed by atoms with Crippen LogP contribution in [-0.2, 0) is 42.9 Å². The minimum absolute atomic E-state index is 0. The summed E-state index contributed by atoms with van der Waals surface area (Å²) in [6.07, 6.45) is 9.31. The molecule has 1 unspecified atom stereocenters. The summed E-state index contributed by atoms with van der Waals surface area (Å²) in [5, 5.41) is 7.30. The van der Waals surface area contributed by atoms with Crippen LogP contribution in [0.3, 0.4) is 0 Å². The van der Waals surface area contributed by atoms with Gasteiger partial charge in [0.1, 0.15) is 0 Å². The number of carbonyl (C=O) groups excluding carboxylic acids is 1. The third-order valence-corrected chi connectivity index (χ3v) is 8.80. The average molecular weight is 510 g/mol. The molecule has 9 nitrogen and oxygen atoms in total. The molecule has 2 aromatic rings. The van der Waals surface area contributed by atoms with Crippen LogP contribution in [0.15, 0.2) is 12.3 Å². The molecule has 0 spiro atoms. The van der Waals surface area contributed by atoms with Crippen molar-refractivity contribution in [3.63, 3.8) is 0 Å². The van der Waals surface area contributed by atoms with Crippen LogP contribution < -0.4 is 14.3 Å². The number of rotatable bonds is 5. The summed E-state index contributed by atoms with van der Waals surface area (Å²) in [6, 6.07) is 1.30. The number of aryl methyl sites for hydroxylation is 4. The summed E-state index contributed by atoms with van der Waals surface area (Å²) in [5.74, 6) is 0. The number of amides is 2. The van der Waals surface area contributed by atoms with Crippen LogP contribution >= 0.6 is 0 Å². The Morgan fingerprint density at radius 2 is 1.74 bits per heavy atom. The van der Waals surface area contributed by atoms with Gasteiger partial charge in [-0.25, -0.2) is 13.8 Å². The second-order valence-corrected chi connectivity index (χ2v) is 11.5. The van der Waals surface area contributed by atoms with E-state index in [0.717, 1.165) is 63.6 Å². The number of hydrogen-bond acceptors (Lipinski definition) is 5. The van der Waals surface area contributed by atoms with Gasteiger partial charge in [0.05, 0.1) is 17.4 Å². The Labute approximate surface area is 230 Å². The summed E-state index contributed by atoms with van der Waals surface area (Å²) in [5.41, 5.74) is 6.86. The number of carbonyl (C=O) groups is 1. The summed E-state index contributed by atoms with van der Waals surface area (Å²) in [4.78, 5) is 15.3. The van der Waals surface area contributed by atoms with Crippen LogP contribution in [0.4, 0.5) is 16.2 Å². The zero-order valence-electron chi connectivity index (χ0n) is 21.2. The van der Waals surface area contributed by atoms with Crippen molar-refractivity contribution in [1.29, 1.82) is 0 Å². The number of fused-ring (bicyclic) bond motifs is 2. The van der Waals surface area contributed by atoms with Gasteiger partial charge in [0.15, 0.2) is 0 Å². The molecule has 35 heavy (non-hydrogen) atoms. The van der Waals surface area contributed by atoms with E-state index in [4.69, 9.17) is 0 Å². The number of hydrogen-bond donors (Lipinski definition) is 2. The van der Waals surface area contributed by atoms with Crippen molar-refractivity contribution >= 4 is 57.2 Å². The van der Waals surface area contributed by atoms with Gasteiger partial charge in [-0.1, -0.05) is 6.07 Å². The maximum Gasteiger partial charge on any atom is 0.334 e. The Bertz CT molecular complexity index is 1200. The molecular formula is C24H34N6NaO3S. The van der Waals surface area contributed by atoms with Gasteiger partial charge in [0.25, 0.3) is 0 Å². The molecule has 1 aromatic carbocycles. The fourth-order valence-corrected chi connectivity index (χ4v) is 7.32. The molecule has 1 radical (unpaired) electrons. The minimum Gasteiger partial charge on any atom is -0.307 e. The van der Waals surface area contributed by atoms with Crippen molar-refractivity contribution in [2.75, 3.05) is 29.8 Å². The van der Waals surface area contributed by atoms with E-state index in [2.05, 4.69) is 26.1 Å². The van der Waals surface area contributed by atoms with Crippen molar-refractivity contribution in [2.45, 2.75) is 64.3 Å². The number of urea groups is 1. The Balaban J connectivity index is 0.00000289. The van der Waals surface area contributed by atoms with E-state index in [-0.39, 0.29) is 35.6 Å². The number of aromatic nitrogens is 2. The van der Waals surface area contributed by atoms with E-state index in [1.54, 1.807) is 24.9 Å². The average Bonchev–Trinajstić information content (AvgIpc) is 3.48. The topological polar surface area (TPSA) is 99.6 Å². The third-order valence-electron chi connectivity index (χ3n) is 7.35. The molecular weight excluding hydrogens is 475 g/mol. The molecule has 0 bridgehead atoms. The molecule has 1 atom stereocenters. The van der Waals surface area contributed by atoms with Gasteiger partial charge >= 0.3 is 16.2 Å². The fraction of sp³-hybridized carbons (Fsp3) is 0.583. The van der Waals surface area contributed by atoms with Crippen molar-refractivity contribution in [3.8, 4) is 0 Å². The van der Waals surface area contributed by atoms with Crippen LogP contribution in [0.1, 0.15) is 53.6 Å². The normalized spacial score (nSPS) is 19.6. The Kier molecular flexibility index (Phi) is 7.88. The number of benzene rings is 1. The van der Waals surface area contributed by atoms with E-state index in [1.807, 2.05) is 7.05 Å². The molecule has 1 saturated heterocycles. The Hall–Kier alpha value is -1.59. The van der Waals surface area contributed by atoms with Crippen molar-refractivity contribution in [2.24, 2.45) is 7.05 Å². The largest absolute Gasteiger partial charge is 0.334 e. The minimum atomic E-state index is -4.16. The molecule has 5 rings (SSSR count). The van der Waals surface area contributed by atoms with Gasteiger partial charge in [0, 0.05) is 55.0 Å². The molecule has 2 N–H and O–H groups in total. The molecule has 2 heterocycles. The third kappa shape index (κ3) is 5.27. The number of anilines is 2. The van der Waals surface area contributed by atoms with Crippen LogP contribution in [0.25, 0.3) is 0 Å². The first kappa shape index (κ1) is 26.5. The van der Waals surface area contributed by atoms with Gasteiger partial charge in [-0.15, -0.1) is 0 Å². The Morgan fingerprint density at radius 3 is 2.31 bits per heavy atom. The number of likely N-dealkylation sites (tertiary alicyclic amines) is 1. The molecule has 185 valence electrons. The first-order valence-corrected chi connectivity index (χ1v) is 13.7. The summed E-state index contributed by atoms with van der Waals surface area (Å²) < 4.78 is 32.6. The number of nitrogens with zero attached hydrogens (tertiary/aromatic N) is 4. The van der Waals surface area contributed by atoms with Crippen LogP contribution in [0, 0.1) is 6.92 Å². The van der Waals surface area contributed by atoms with Crippen LogP contribution in [-0.4, -0.2) is 84.9 Å². The zero-order chi connectivity index (χ0) is 24.0. The SMILES string of the molecule is Cc1nn(C)cc1N(C1CCCN(C)C1)S(=O)(=O)NC(=O)Nc1c2c(cc3c1CCC3)CCC2.[Na]. The second kappa shape index (κ2) is 10.4. The van der Waals surface area contributed by atoms with Gasteiger partial charge in [-0.2, -0.15) is 13.5 Å². The number of piperidine rings is 1. The molecule has 2 aliphatic carbocycles. The van der Waals surface area contributed by atoms with E-state index in [0.29, 0.717) is 17.9 Å². The van der Waals surface area contributed by atoms with Crippen molar-refractivity contribution in [1.82, 2.24) is 19.4 Å². The molecule has 2 amide bonds. The summed E-state index contributed by atoms with van der Waals surface area (Å²) in [7, 11) is -0.405. The van der Waals surface area contributed by atoms with Gasteiger partial charge in [0.2, 0.25) is 0 Å². The van der Waals surface area contributed by atoms with Crippen LogP contribution in [0.5, 0.6) is 0 Å². The smallest absolute Gasteiger partial charge is 0.307 e. The second-order valence-electron chi connectivity index (χ2n) is 9.92. The fourth-order valence-electron chi connectivity index (χ4n) is 5.93. The molecule has 1 fully saturated rings. The van der Waals surface area contributed by atoms with Crippen molar-refractivity contribution < 1.29 is 13.2 Å². The molecule has 0 saturated carbocycles. The quantitative estimate of drug-likeness (QED) is 0.603. The maximum absolute atomic E-state index is 13.7. The number of likely N-dealkylation sites (N-methyl/N-ethyl adjacent to an activating group) is 1. The van der Waals surface area contributed by atoms with E-state index < -0.39 is 16.2 Å². The first-order chi connectivity index (χ1) is 16.2. The van der Waals surface area contributed by atoms with E-state index in [1.165, 1.54) is 26.6 Å². The first-order valence-electron chi connectivity index (χ1n) is 12.2. The predicted octanol–water partition coefficient (Wildman–Crippen LogP) is 2.29. The molecule has 1 aromatic heterocycles. The summed E-state index contributed by atoms with van der Waals surface area (Å²) in [6.45, 7) is 3.31. The molecule has 3 aliphatic rings. The number of nitrogens with one attached hydrogen (secondary N) is 2. The maximum atomic E-state index is 13.7. The predicted molar refractivity (Wildman–Crippen MR) is 138 cm³/mol. The standard InChI is InChI=1S/C24H34N6O3S.Na/c1-16-22(15-29(3)26-16)30(19-9-6-12-28(2)14-19)34(32,33)27-24(31)25-23-20-10-4-7-17(20)13-18-8-5-11-21(18)23;/h13,15,19H,4-12,14H2,1-3H3,(H2,25,27,31);. The Morgan fingerprint density at radius 1 is 1.09 bits per heavy atom. The molecule has 11 heteroatoms. The monoisotopic (exact) mass is 509 g/mol. The van der Waals surface area contributed by atoms with Crippen LogP contribution in [0.2, 0.25) is 0 Å². The van der Waals surface area contributed by atoms with E-state index >= 15 is 0 Å². The van der Waals surface area contributed by atoms with E-state index in [9.17, 15) is 13.2 Å². The van der Waals surface area contributed by atoms with Gasteiger partial charge in [-0.3, -0.25) is 4.68 Å².